The van der Waals surface area contributed by atoms with Gasteiger partial charge in [0.2, 0.25) is 0 Å². The van der Waals surface area contributed by atoms with Gasteiger partial charge in [-0.1, -0.05) is 48.5 Å². The van der Waals surface area contributed by atoms with Crippen LogP contribution in [-0.4, -0.2) is 70.9 Å². The number of carbonyl (C=O) groups excluding carboxylic acids is 2. The molecule has 204 valence electrons. The lowest BCUT2D eigenvalue weighted by Gasteiger charge is -2.39. The molecule has 2 aliphatic rings. The van der Waals surface area contributed by atoms with Crippen LogP contribution in [0.3, 0.4) is 0 Å². The van der Waals surface area contributed by atoms with Gasteiger partial charge in [0.25, 0.3) is 0 Å². The highest BCUT2D eigenvalue weighted by Crippen LogP contribution is 2.44. The van der Waals surface area contributed by atoms with Crippen LogP contribution >= 0.6 is 0 Å². The van der Waals surface area contributed by atoms with E-state index in [2.05, 4.69) is 24.3 Å². The van der Waals surface area contributed by atoms with Crippen LogP contribution in [0.25, 0.3) is 11.1 Å². The van der Waals surface area contributed by atoms with E-state index in [1.165, 1.54) is 0 Å². The summed E-state index contributed by atoms with van der Waals surface area (Å²) in [5.74, 6) is -0.981. The number of rotatable bonds is 8. The van der Waals surface area contributed by atoms with E-state index in [0.717, 1.165) is 41.5 Å². The van der Waals surface area contributed by atoms with Crippen molar-refractivity contribution in [2.24, 2.45) is 0 Å². The van der Waals surface area contributed by atoms with Crippen molar-refractivity contribution >= 4 is 18.2 Å². The number of benzene rings is 2. The van der Waals surface area contributed by atoms with E-state index in [0.29, 0.717) is 13.0 Å². The average Bonchev–Trinajstić information content (AvgIpc) is 3.19. The highest BCUT2D eigenvalue weighted by Gasteiger charge is 2.34. The Kier molecular flexibility index (Phi) is 8.59. The van der Waals surface area contributed by atoms with Crippen molar-refractivity contribution in [3.05, 3.63) is 59.7 Å². The number of likely N-dealkylation sites (tertiary alicyclic amines) is 1. The van der Waals surface area contributed by atoms with Crippen LogP contribution in [0.15, 0.2) is 48.5 Å². The molecule has 0 saturated carbocycles. The van der Waals surface area contributed by atoms with Gasteiger partial charge in [0.1, 0.15) is 12.2 Å². The molecule has 0 spiro atoms. The minimum absolute atomic E-state index is 0.0480. The number of carboxylic acids is 1. The minimum atomic E-state index is -0.912. The van der Waals surface area contributed by atoms with Gasteiger partial charge in [0.05, 0.1) is 6.04 Å². The Balaban J connectivity index is 1.47. The van der Waals surface area contributed by atoms with E-state index in [1.807, 2.05) is 45.0 Å². The summed E-state index contributed by atoms with van der Waals surface area (Å²) in [6.45, 7) is 6.75. The van der Waals surface area contributed by atoms with Crippen LogP contribution in [0.5, 0.6) is 0 Å². The number of carbonyl (C=O) groups is 3. The molecule has 1 atom stereocenters. The fraction of sp³-hybridized carbons (Fsp3) is 0.500. The number of hydrogen-bond donors (Lipinski definition) is 1. The van der Waals surface area contributed by atoms with Crippen LogP contribution in [0.4, 0.5) is 9.59 Å². The van der Waals surface area contributed by atoms with E-state index < -0.39 is 17.7 Å². The molecule has 38 heavy (non-hydrogen) atoms. The molecule has 1 saturated heterocycles. The Morgan fingerprint density at radius 3 is 2.24 bits per heavy atom. The van der Waals surface area contributed by atoms with Crippen molar-refractivity contribution in [1.29, 1.82) is 0 Å². The van der Waals surface area contributed by atoms with Gasteiger partial charge in [0.15, 0.2) is 0 Å². The molecule has 1 heterocycles. The lowest BCUT2D eigenvalue weighted by atomic mass is 9.98. The Labute approximate surface area is 224 Å². The number of amides is 2. The molecule has 4 rings (SSSR count). The number of fused-ring (bicyclic) bond motifs is 3. The van der Waals surface area contributed by atoms with Gasteiger partial charge in [-0.05, 0) is 68.7 Å². The summed E-state index contributed by atoms with van der Waals surface area (Å²) < 4.78 is 11.5. The molecule has 2 aromatic carbocycles. The number of ether oxygens (including phenoxy) is 2. The summed E-state index contributed by atoms with van der Waals surface area (Å²) in [6, 6.07) is 16.1. The molecular formula is C30H38N2O6. The van der Waals surface area contributed by atoms with E-state index in [9.17, 15) is 14.4 Å². The van der Waals surface area contributed by atoms with Gasteiger partial charge in [-0.3, -0.25) is 4.79 Å². The van der Waals surface area contributed by atoms with Crippen LogP contribution in [0.2, 0.25) is 0 Å². The number of nitrogens with zero attached hydrogens (tertiary/aromatic N) is 2. The highest BCUT2D eigenvalue weighted by molar-refractivity contribution is 5.79. The first-order valence-electron chi connectivity index (χ1n) is 13.5. The maximum Gasteiger partial charge on any atom is 0.410 e. The highest BCUT2D eigenvalue weighted by atomic mass is 16.6. The maximum atomic E-state index is 13.4. The Morgan fingerprint density at radius 2 is 1.63 bits per heavy atom. The normalized spacial score (nSPS) is 16.9. The average molecular weight is 523 g/mol. The van der Waals surface area contributed by atoms with Gasteiger partial charge in [-0.15, -0.1) is 0 Å². The lowest BCUT2D eigenvalue weighted by Crippen LogP contribution is -2.52. The monoisotopic (exact) mass is 522 g/mol. The van der Waals surface area contributed by atoms with Crippen molar-refractivity contribution in [1.82, 2.24) is 9.80 Å². The molecule has 0 radical (unpaired) electrons. The van der Waals surface area contributed by atoms with Crippen molar-refractivity contribution in [2.45, 2.75) is 70.4 Å². The predicted molar refractivity (Wildman–Crippen MR) is 144 cm³/mol. The third-order valence-electron chi connectivity index (χ3n) is 7.10. The minimum Gasteiger partial charge on any atom is -0.481 e. The fourth-order valence-electron chi connectivity index (χ4n) is 5.37. The number of carboxylic acid groups (broad SMARTS) is 1. The summed E-state index contributed by atoms with van der Waals surface area (Å²) in [6.07, 6.45) is 1.93. The quantitative estimate of drug-likeness (QED) is 0.464. The summed E-state index contributed by atoms with van der Waals surface area (Å²) >= 11 is 0. The first-order valence-corrected chi connectivity index (χ1v) is 13.5. The smallest absolute Gasteiger partial charge is 0.410 e. The van der Waals surface area contributed by atoms with Crippen molar-refractivity contribution in [3.63, 3.8) is 0 Å². The third-order valence-corrected chi connectivity index (χ3v) is 7.10. The summed E-state index contributed by atoms with van der Waals surface area (Å²) in [5, 5.41) is 9.14. The standard InChI is InChI=1S/C30H38N2O6/c1-30(2,3)38-29(36)32-18-9-8-11-21(32)19-31(17-10-16-27(33)34)28(35)37-20-26-24-14-6-4-12-22(24)23-13-5-7-15-25(23)26/h4-7,12-15,21,26H,8-11,16-20H2,1-3H3,(H,33,34)/t21-/m1/s1. The largest absolute Gasteiger partial charge is 0.481 e. The molecule has 0 aromatic heterocycles. The van der Waals surface area contributed by atoms with Crippen molar-refractivity contribution in [2.75, 3.05) is 26.2 Å². The van der Waals surface area contributed by atoms with Crippen LogP contribution in [0, 0.1) is 0 Å². The van der Waals surface area contributed by atoms with Crippen molar-refractivity contribution in [3.8, 4) is 11.1 Å². The van der Waals surface area contributed by atoms with Crippen LogP contribution in [0.1, 0.15) is 69.9 Å². The van der Waals surface area contributed by atoms with E-state index in [4.69, 9.17) is 14.6 Å². The number of hydrogen-bond acceptors (Lipinski definition) is 5. The third kappa shape index (κ3) is 6.65. The summed E-state index contributed by atoms with van der Waals surface area (Å²) in [7, 11) is 0. The Bertz CT molecular complexity index is 1110. The lowest BCUT2D eigenvalue weighted by molar-refractivity contribution is -0.137. The van der Waals surface area contributed by atoms with Gasteiger partial charge < -0.3 is 24.4 Å². The predicted octanol–water partition coefficient (Wildman–Crippen LogP) is 5.89. The van der Waals surface area contributed by atoms with Gasteiger partial charge >= 0.3 is 18.2 Å². The molecule has 2 amide bonds. The second-order valence-corrected chi connectivity index (χ2v) is 11.1. The maximum absolute atomic E-state index is 13.4. The molecule has 1 aliphatic carbocycles. The van der Waals surface area contributed by atoms with E-state index in [-0.39, 0.29) is 44.2 Å². The second-order valence-electron chi connectivity index (χ2n) is 11.1. The SMILES string of the molecule is CC(C)(C)OC(=O)N1CCCC[C@@H]1CN(CCCC(=O)O)C(=O)OCC1c2ccccc2-c2ccccc21. The van der Waals surface area contributed by atoms with Gasteiger partial charge in [-0.2, -0.15) is 0 Å². The first-order chi connectivity index (χ1) is 18.1. The molecule has 1 aliphatic heterocycles. The van der Waals surface area contributed by atoms with E-state index in [1.54, 1.807) is 9.80 Å². The molecule has 0 unspecified atom stereocenters. The zero-order valence-corrected chi connectivity index (χ0v) is 22.5. The molecule has 8 heteroatoms. The molecule has 1 fully saturated rings. The fourth-order valence-corrected chi connectivity index (χ4v) is 5.37. The van der Waals surface area contributed by atoms with Crippen LogP contribution < -0.4 is 0 Å². The van der Waals surface area contributed by atoms with Crippen LogP contribution in [-0.2, 0) is 14.3 Å². The Hall–Kier alpha value is -3.55. The Morgan fingerprint density at radius 1 is 1.00 bits per heavy atom. The zero-order valence-electron chi connectivity index (χ0n) is 22.5. The topological polar surface area (TPSA) is 96.4 Å². The number of piperidine rings is 1. The van der Waals surface area contributed by atoms with Crippen molar-refractivity contribution < 1.29 is 29.0 Å². The van der Waals surface area contributed by atoms with Gasteiger partial charge in [-0.25, -0.2) is 9.59 Å². The zero-order chi connectivity index (χ0) is 27.3. The molecule has 1 N–H and O–H groups in total. The first kappa shape index (κ1) is 27.5. The molecule has 8 nitrogen and oxygen atoms in total. The molecule has 0 bridgehead atoms. The number of aliphatic carboxylic acids is 1. The second kappa shape index (κ2) is 11.9. The molecule has 2 aromatic rings. The summed E-state index contributed by atoms with van der Waals surface area (Å²) in [5.41, 5.74) is 3.94. The molecular weight excluding hydrogens is 484 g/mol. The van der Waals surface area contributed by atoms with E-state index >= 15 is 0 Å². The summed E-state index contributed by atoms with van der Waals surface area (Å²) in [4.78, 5) is 40.7. The van der Waals surface area contributed by atoms with Gasteiger partial charge in [0, 0.05) is 32.0 Å².